The Balaban J connectivity index is 0.00000231. The van der Waals surface area contributed by atoms with E-state index >= 15 is 0 Å². The van der Waals surface area contributed by atoms with Crippen LogP contribution in [0.25, 0.3) is 37.9 Å². The maximum atomic E-state index is 2.63. The van der Waals surface area contributed by atoms with E-state index in [0.29, 0.717) is 5.92 Å². The third-order valence-electron chi connectivity index (χ3n) is 13.4. The van der Waals surface area contributed by atoms with Crippen LogP contribution in [0.3, 0.4) is 0 Å². The molecule has 0 saturated heterocycles. The molecule has 0 N–H and O–H groups in total. The first-order valence-electron chi connectivity index (χ1n) is 22.0. The number of hydrogen-bond donors (Lipinski definition) is 0. The lowest BCUT2D eigenvalue weighted by Crippen LogP contribution is -2.32. The molecular weight excluding hydrogens is 699 g/mol. The van der Waals surface area contributed by atoms with Gasteiger partial charge in [0, 0.05) is 22.7 Å². The quantitative estimate of drug-likeness (QED) is 0.162. The maximum absolute atomic E-state index is 2.63. The van der Waals surface area contributed by atoms with Crippen molar-refractivity contribution in [3.8, 4) is 0 Å². The molecule has 58 heavy (non-hydrogen) atoms. The Morgan fingerprint density at radius 1 is 0.552 bits per heavy atom. The molecule has 3 aliphatic rings. The van der Waals surface area contributed by atoms with Gasteiger partial charge in [0.1, 0.15) is 0 Å². The van der Waals surface area contributed by atoms with Crippen LogP contribution in [0.5, 0.6) is 0 Å². The van der Waals surface area contributed by atoms with E-state index in [2.05, 4.69) is 202 Å². The first kappa shape index (κ1) is 39.9. The fourth-order valence-electron chi connectivity index (χ4n) is 10.0. The molecule has 1 fully saturated rings. The smallest absolute Gasteiger partial charge is 0.0563 e. The number of benzene rings is 6. The first-order chi connectivity index (χ1) is 27.4. The van der Waals surface area contributed by atoms with Crippen LogP contribution in [0.2, 0.25) is 0 Å². The number of allylic oxidation sites excluding steroid dienone is 6. The van der Waals surface area contributed by atoms with Crippen LogP contribution in [0, 0.1) is 11.3 Å². The lowest BCUT2D eigenvalue weighted by Gasteiger charge is -2.36. The van der Waals surface area contributed by atoms with Gasteiger partial charge in [0.05, 0.1) is 6.04 Å². The van der Waals surface area contributed by atoms with E-state index in [1.165, 1.54) is 77.1 Å². The molecule has 6 aromatic carbocycles. The zero-order chi connectivity index (χ0) is 41.5. The van der Waals surface area contributed by atoms with Gasteiger partial charge >= 0.3 is 0 Å². The van der Waals surface area contributed by atoms with Crippen molar-refractivity contribution in [2.24, 2.45) is 11.3 Å². The highest BCUT2D eigenvalue weighted by atomic mass is 15.2. The summed E-state index contributed by atoms with van der Waals surface area (Å²) in [5, 5.41) is 8.18. The highest BCUT2D eigenvalue weighted by molar-refractivity contribution is 6.25. The van der Waals surface area contributed by atoms with Crippen LogP contribution < -0.4 is 4.90 Å². The van der Waals surface area contributed by atoms with E-state index in [9.17, 15) is 0 Å². The second-order valence-electron chi connectivity index (χ2n) is 20.6. The number of rotatable bonds is 4. The summed E-state index contributed by atoms with van der Waals surface area (Å²) >= 11 is 0. The molecule has 0 spiro atoms. The first-order valence-corrected chi connectivity index (χ1v) is 22.0. The molecule has 0 aromatic heterocycles. The van der Waals surface area contributed by atoms with Crippen LogP contribution in [0.1, 0.15) is 125 Å². The van der Waals surface area contributed by atoms with Crippen molar-refractivity contribution in [2.75, 3.05) is 4.90 Å². The molecule has 3 aliphatic carbocycles. The fourth-order valence-corrected chi connectivity index (χ4v) is 10.0. The highest BCUT2D eigenvalue weighted by Gasteiger charge is 2.46. The van der Waals surface area contributed by atoms with E-state index in [1.807, 2.05) is 13.8 Å². The minimum atomic E-state index is -0.0698. The molecular formula is C57H65N. The number of fused-ring (bicyclic) bond motifs is 3. The molecule has 6 aromatic rings. The van der Waals surface area contributed by atoms with Gasteiger partial charge in [0.15, 0.2) is 0 Å². The predicted molar refractivity (Wildman–Crippen MR) is 255 cm³/mol. The average molecular weight is 764 g/mol. The summed E-state index contributed by atoms with van der Waals surface area (Å²) in [6.07, 6.45) is 12.4. The Morgan fingerprint density at radius 2 is 1.07 bits per heavy atom. The molecule has 298 valence electrons. The van der Waals surface area contributed by atoms with Crippen molar-refractivity contribution in [2.45, 2.75) is 125 Å². The van der Waals surface area contributed by atoms with E-state index in [-0.39, 0.29) is 27.7 Å². The van der Waals surface area contributed by atoms with Gasteiger partial charge in [0.25, 0.3) is 0 Å². The SMILES string of the molecule is CC.CC1(C)C2=CC(N(c3ccc(C(C)(C)C)cc3)c3ccc(C(C)(C)C)cc3)CC=C2C2CC=C(c3ccc4ccc5cc(C(C)(C)C)cc6ccc3c4c56)C=C21. The van der Waals surface area contributed by atoms with E-state index in [4.69, 9.17) is 0 Å². The van der Waals surface area contributed by atoms with E-state index in [0.717, 1.165) is 12.8 Å². The number of nitrogens with zero attached hydrogens (tertiary/aromatic N) is 1. The van der Waals surface area contributed by atoms with Crippen molar-refractivity contribution in [3.63, 3.8) is 0 Å². The summed E-state index contributed by atoms with van der Waals surface area (Å²) < 4.78 is 0. The molecule has 2 atom stereocenters. The Hall–Kier alpha value is -4.88. The molecule has 0 aliphatic heterocycles. The summed E-state index contributed by atoms with van der Waals surface area (Å²) in [7, 11) is 0. The fraction of sp³-hybridized carbons (Fsp3) is 0.368. The summed E-state index contributed by atoms with van der Waals surface area (Å²) in [6.45, 7) is 29.7. The third kappa shape index (κ3) is 6.73. The van der Waals surface area contributed by atoms with Crippen LogP contribution in [-0.4, -0.2) is 6.04 Å². The lowest BCUT2D eigenvalue weighted by atomic mass is 9.76. The summed E-state index contributed by atoms with van der Waals surface area (Å²) in [6, 6.07) is 37.9. The molecule has 0 heterocycles. The van der Waals surface area contributed by atoms with Gasteiger partial charge in [-0.3, -0.25) is 0 Å². The Labute approximate surface area is 349 Å². The zero-order valence-corrected chi connectivity index (χ0v) is 37.6. The molecule has 1 saturated carbocycles. The van der Waals surface area contributed by atoms with Crippen LogP contribution in [0.15, 0.2) is 138 Å². The maximum Gasteiger partial charge on any atom is 0.0563 e. The Bertz CT molecular complexity index is 2560. The monoisotopic (exact) mass is 764 g/mol. The summed E-state index contributed by atoms with van der Waals surface area (Å²) in [5.41, 5.74) is 14.2. The zero-order valence-electron chi connectivity index (χ0n) is 37.6. The minimum absolute atomic E-state index is 0.0698. The molecule has 9 rings (SSSR count). The standard InChI is InChI=1S/C55H59N.C2H6/c1-52(2,3)38-17-21-41(22-18-38)56(42-23-19-39(20-24-42)53(4,5)6)43-25-29-46-45-27-15-35(32-48(45)55(10,11)49(46)33-43)44-26-14-34-12-13-36-30-40(54(7,8)9)31-37-16-28-47(44)51(34)50(36)37;1-2/h12-24,26,28-33,43,45H,25,27H2,1-11H3;1-2H3. The summed E-state index contributed by atoms with van der Waals surface area (Å²) in [5.74, 6) is 0.433. The Kier molecular flexibility index (Phi) is 9.74. The number of hydrogen-bond acceptors (Lipinski definition) is 1. The van der Waals surface area contributed by atoms with Crippen molar-refractivity contribution in [1.29, 1.82) is 0 Å². The van der Waals surface area contributed by atoms with Gasteiger partial charge in [-0.2, -0.15) is 0 Å². The Morgan fingerprint density at radius 3 is 1.62 bits per heavy atom. The second-order valence-corrected chi connectivity index (χ2v) is 20.6. The van der Waals surface area contributed by atoms with E-state index in [1.54, 1.807) is 11.1 Å². The lowest BCUT2D eigenvalue weighted by molar-refractivity contribution is 0.541. The molecule has 1 nitrogen and oxygen atoms in total. The summed E-state index contributed by atoms with van der Waals surface area (Å²) in [4.78, 5) is 2.59. The van der Waals surface area contributed by atoms with Crippen LogP contribution >= 0.6 is 0 Å². The molecule has 0 radical (unpaired) electrons. The van der Waals surface area contributed by atoms with Gasteiger partial charge in [-0.1, -0.05) is 193 Å². The van der Waals surface area contributed by atoms with Gasteiger partial charge in [-0.25, -0.2) is 0 Å². The molecule has 0 bridgehead atoms. The normalized spacial score (nSPS) is 19.2. The second kappa shape index (κ2) is 14.1. The number of anilines is 2. The predicted octanol–water partition coefficient (Wildman–Crippen LogP) is 16.3. The molecule has 0 amide bonds. The van der Waals surface area contributed by atoms with Crippen molar-refractivity contribution in [1.82, 2.24) is 0 Å². The van der Waals surface area contributed by atoms with Crippen molar-refractivity contribution >= 4 is 49.3 Å². The highest BCUT2D eigenvalue weighted by Crippen LogP contribution is 2.59. The van der Waals surface area contributed by atoms with Crippen molar-refractivity contribution < 1.29 is 0 Å². The van der Waals surface area contributed by atoms with Crippen LogP contribution in [-0.2, 0) is 16.2 Å². The largest absolute Gasteiger partial charge is 0.334 e. The van der Waals surface area contributed by atoms with Gasteiger partial charge in [0.2, 0.25) is 0 Å². The average Bonchev–Trinajstić information content (AvgIpc) is 3.41. The van der Waals surface area contributed by atoms with Crippen molar-refractivity contribution in [3.05, 3.63) is 160 Å². The van der Waals surface area contributed by atoms with Crippen LogP contribution in [0.4, 0.5) is 11.4 Å². The topological polar surface area (TPSA) is 3.24 Å². The van der Waals surface area contributed by atoms with Gasteiger partial charge in [-0.15, -0.1) is 0 Å². The third-order valence-corrected chi connectivity index (χ3v) is 13.4. The van der Waals surface area contributed by atoms with Gasteiger partial charge in [-0.05, 0) is 125 Å². The molecule has 2 unspecified atom stereocenters. The minimum Gasteiger partial charge on any atom is -0.334 e. The van der Waals surface area contributed by atoms with E-state index < -0.39 is 0 Å². The molecule has 1 heteroatoms. The van der Waals surface area contributed by atoms with Gasteiger partial charge < -0.3 is 4.90 Å².